The van der Waals surface area contributed by atoms with E-state index in [1.165, 1.54) is 141 Å². The minimum absolute atomic E-state index is 0.230. The standard InChI is InChI=1S/2C18H34O2.2CH3.Sn/c2*1-2-3-4-5-6-7-8-9-10-11-12-13-14-15-16-17-18(19)20;;;/h2*9-10H,2-8,11-17H2,1H3,(H,19,20);2*1H3;/b2*10-9-;;;. The molecule has 0 aromatic heterocycles. The van der Waals surface area contributed by atoms with Gasteiger partial charge in [-0.2, -0.15) is 0 Å². The van der Waals surface area contributed by atoms with Gasteiger partial charge in [0.05, 0.1) is 0 Å². The molecular formula is C38H74O4Sn. The van der Waals surface area contributed by atoms with Gasteiger partial charge < -0.3 is 10.2 Å². The van der Waals surface area contributed by atoms with E-state index >= 15 is 0 Å². The first kappa shape index (κ1) is 46.6. The van der Waals surface area contributed by atoms with E-state index in [0.717, 1.165) is 25.7 Å². The fourth-order valence-electron chi connectivity index (χ4n) is 4.69. The monoisotopic (exact) mass is 714 g/mol. The Kier molecular flexibility index (Phi) is 49.5. The van der Waals surface area contributed by atoms with E-state index in [9.17, 15) is 9.59 Å². The van der Waals surface area contributed by atoms with Gasteiger partial charge in [0.2, 0.25) is 0 Å². The van der Waals surface area contributed by atoms with E-state index in [1.807, 2.05) is 0 Å². The van der Waals surface area contributed by atoms with Crippen LogP contribution in [0.3, 0.4) is 0 Å². The van der Waals surface area contributed by atoms with Gasteiger partial charge in [0, 0.05) is 12.8 Å². The zero-order chi connectivity index (χ0) is 32.5. The molecule has 0 aliphatic carbocycles. The predicted octanol–water partition coefficient (Wildman–Crippen LogP) is 13.0. The molecule has 43 heavy (non-hydrogen) atoms. The summed E-state index contributed by atoms with van der Waals surface area (Å²) in [5.74, 6) is -1.33. The van der Waals surface area contributed by atoms with Crippen molar-refractivity contribution in [2.75, 3.05) is 0 Å². The van der Waals surface area contributed by atoms with Crippen molar-refractivity contribution < 1.29 is 19.8 Å². The first-order valence-electron chi connectivity index (χ1n) is 18.3. The van der Waals surface area contributed by atoms with Gasteiger partial charge in [-0.1, -0.05) is 141 Å². The number of unbranched alkanes of at least 4 members (excludes halogenated alkanes) is 22. The molecule has 0 aliphatic rings. The van der Waals surface area contributed by atoms with Gasteiger partial charge in [-0.3, -0.25) is 9.59 Å². The molecule has 0 aliphatic heterocycles. The normalized spacial score (nSPS) is 10.9. The number of carboxylic acid groups (broad SMARTS) is 2. The van der Waals surface area contributed by atoms with Gasteiger partial charge in [-0.05, 0) is 64.2 Å². The third-order valence-corrected chi connectivity index (χ3v) is 7.30. The predicted molar refractivity (Wildman–Crippen MR) is 192 cm³/mol. The van der Waals surface area contributed by atoms with Crippen molar-refractivity contribution in [2.45, 2.75) is 204 Å². The molecule has 5 heteroatoms. The molecule has 2 radical (unpaired) electrons. The third-order valence-electron chi connectivity index (χ3n) is 7.30. The van der Waals surface area contributed by atoms with Crippen LogP contribution < -0.4 is 0 Å². The molecule has 0 aromatic rings. The molecule has 0 saturated heterocycles. The zero-order valence-corrected chi connectivity index (χ0v) is 32.2. The van der Waals surface area contributed by atoms with Crippen molar-refractivity contribution >= 4 is 33.1 Å². The summed E-state index contributed by atoms with van der Waals surface area (Å²) in [5.41, 5.74) is 0. The minimum atomic E-state index is -0.664. The van der Waals surface area contributed by atoms with Crippen LogP contribution >= 0.6 is 0 Å². The quantitative estimate of drug-likeness (QED) is 0.0441. The van der Waals surface area contributed by atoms with Crippen molar-refractivity contribution in [3.8, 4) is 0 Å². The fraction of sp³-hybridized carbons (Fsp3) is 0.842. The van der Waals surface area contributed by atoms with Gasteiger partial charge in [-0.15, -0.1) is 0 Å². The van der Waals surface area contributed by atoms with Crippen LogP contribution in [0.1, 0.15) is 194 Å². The summed E-state index contributed by atoms with van der Waals surface area (Å²) >= 11 is 0.230. The molecule has 254 valence electrons. The first-order valence-corrected chi connectivity index (χ1v) is 24.0. The van der Waals surface area contributed by atoms with Crippen LogP contribution in [-0.4, -0.2) is 43.3 Å². The maximum absolute atomic E-state index is 10.3. The molecule has 0 spiro atoms. The Hall–Kier alpha value is -0.781. The van der Waals surface area contributed by atoms with E-state index in [4.69, 9.17) is 10.2 Å². The molecular weight excluding hydrogens is 639 g/mol. The molecule has 0 bridgehead atoms. The van der Waals surface area contributed by atoms with E-state index in [0.29, 0.717) is 12.8 Å². The summed E-state index contributed by atoms with van der Waals surface area (Å²) in [6.45, 7) is 4.52. The van der Waals surface area contributed by atoms with Crippen molar-refractivity contribution in [3.63, 3.8) is 0 Å². The van der Waals surface area contributed by atoms with Crippen LogP contribution in [-0.2, 0) is 9.59 Å². The molecule has 0 rings (SSSR count). The second-order valence-corrected chi connectivity index (χ2v) is 14.8. The zero-order valence-electron chi connectivity index (χ0n) is 29.3. The molecule has 0 saturated carbocycles. The van der Waals surface area contributed by atoms with Gasteiger partial charge >= 0.3 is 43.0 Å². The Morgan fingerprint density at radius 3 is 0.860 bits per heavy atom. The Bertz CT molecular complexity index is 538. The first-order chi connectivity index (χ1) is 21.0. The van der Waals surface area contributed by atoms with Crippen LogP contribution in [0.15, 0.2) is 24.3 Å². The average Bonchev–Trinajstić information content (AvgIpc) is 2.97. The van der Waals surface area contributed by atoms with E-state index < -0.39 is 11.9 Å². The molecule has 0 heterocycles. The second kappa shape index (κ2) is 45.6. The Labute approximate surface area is 279 Å². The number of hydrogen-bond donors (Lipinski definition) is 2. The number of allylic oxidation sites excluding steroid dienone is 4. The molecule has 0 amide bonds. The summed E-state index contributed by atoms with van der Waals surface area (Å²) in [4.78, 5) is 25.2. The summed E-state index contributed by atoms with van der Waals surface area (Å²) in [5, 5.41) is 17.0. The van der Waals surface area contributed by atoms with E-state index in [2.05, 4.69) is 48.0 Å². The van der Waals surface area contributed by atoms with Crippen LogP contribution in [0, 0.1) is 0 Å². The maximum atomic E-state index is 10.3. The van der Waals surface area contributed by atoms with Crippen molar-refractivity contribution in [2.24, 2.45) is 0 Å². The number of rotatable bonds is 30. The Morgan fingerprint density at radius 1 is 0.419 bits per heavy atom. The van der Waals surface area contributed by atoms with Crippen molar-refractivity contribution in [3.05, 3.63) is 24.3 Å². The van der Waals surface area contributed by atoms with Crippen LogP contribution in [0.4, 0.5) is 0 Å². The van der Waals surface area contributed by atoms with Gasteiger partial charge in [0.1, 0.15) is 0 Å². The molecule has 0 atom stereocenters. The van der Waals surface area contributed by atoms with E-state index in [1.54, 1.807) is 0 Å². The van der Waals surface area contributed by atoms with Crippen LogP contribution in [0.2, 0.25) is 9.88 Å². The second-order valence-electron chi connectivity index (χ2n) is 12.0. The Morgan fingerprint density at radius 2 is 0.628 bits per heavy atom. The fourth-order valence-corrected chi connectivity index (χ4v) is 4.69. The molecule has 0 fully saturated rings. The topological polar surface area (TPSA) is 74.6 Å². The summed E-state index contributed by atoms with van der Waals surface area (Å²) in [6.07, 6.45) is 42.5. The molecule has 4 nitrogen and oxygen atoms in total. The van der Waals surface area contributed by atoms with E-state index in [-0.39, 0.29) is 21.1 Å². The number of hydrogen-bond acceptors (Lipinski definition) is 2. The summed E-state index contributed by atoms with van der Waals surface area (Å²) in [6, 6.07) is 0. The van der Waals surface area contributed by atoms with Crippen molar-refractivity contribution in [1.82, 2.24) is 0 Å². The van der Waals surface area contributed by atoms with Gasteiger partial charge in [-0.25, -0.2) is 0 Å². The van der Waals surface area contributed by atoms with Crippen LogP contribution in [0.25, 0.3) is 0 Å². The number of aliphatic carboxylic acids is 2. The number of carbonyl (C=O) groups is 2. The van der Waals surface area contributed by atoms with Gasteiger partial charge in [0.15, 0.2) is 0 Å². The molecule has 0 aromatic carbocycles. The SMILES string of the molecule is CCCCCCCC/C=C\CCCCCCCC(=O)O.CCCCCCCC/C=C\CCCCCCCC(=O)O.[CH3][Sn][CH3]. The summed E-state index contributed by atoms with van der Waals surface area (Å²) < 4.78 is 0. The summed E-state index contributed by atoms with van der Waals surface area (Å²) in [7, 11) is 0. The average molecular weight is 714 g/mol. The Balaban J connectivity index is -0.000000681. The van der Waals surface area contributed by atoms with Gasteiger partial charge in [0.25, 0.3) is 0 Å². The third kappa shape index (κ3) is 57.5. The van der Waals surface area contributed by atoms with Crippen molar-refractivity contribution in [1.29, 1.82) is 0 Å². The molecule has 0 unspecified atom stereocenters. The number of carboxylic acids is 2. The van der Waals surface area contributed by atoms with Crippen LogP contribution in [0.5, 0.6) is 0 Å². The molecule has 2 N–H and O–H groups in total.